The van der Waals surface area contributed by atoms with E-state index in [0.29, 0.717) is 133 Å². The molecule has 15 aliphatic rings. The molecule has 13 saturated carbocycles. The molecule has 148 heavy (non-hydrogen) atoms. The number of nitrogens with zero attached hydrogens (tertiary/aromatic N) is 2. The first-order valence-corrected chi connectivity index (χ1v) is 50.6. The number of hydrogen-bond donors (Lipinski definition) is 6. The number of sulfonamides is 1. The van der Waals surface area contributed by atoms with E-state index in [1.165, 1.54) is 65.6 Å². The van der Waals surface area contributed by atoms with E-state index in [2.05, 4.69) is 36.6 Å². The third-order valence-corrected chi connectivity index (χ3v) is 31.5. The van der Waals surface area contributed by atoms with Crippen molar-refractivity contribution in [3.05, 3.63) is 250 Å². The van der Waals surface area contributed by atoms with Crippen LogP contribution in [0.25, 0.3) is 21.9 Å². The number of hydrogen-bond acceptors (Lipinski definition) is 23. The van der Waals surface area contributed by atoms with E-state index in [4.69, 9.17) is 76.8 Å². The van der Waals surface area contributed by atoms with Crippen molar-refractivity contribution >= 4 is 131 Å². The second-order valence-corrected chi connectivity index (χ2v) is 44.2. The predicted octanol–water partition coefficient (Wildman–Crippen LogP) is 15.5. The van der Waals surface area contributed by atoms with E-state index in [1.54, 1.807) is 100 Å². The van der Waals surface area contributed by atoms with Crippen molar-refractivity contribution in [2.45, 2.75) is 202 Å². The zero-order valence-corrected chi connectivity index (χ0v) is 83.9. The summed E-state index contributed by atoms with van der Waals surface area (Å²) in [7, 11) is -3.82. The number of rotatable bonds is 34. The van der Waals surface area contributed by atoms with Crippen LogP contribution in [0, 0.1) is 68.7 Å². The molecule has 2 aromatic heterocycles. The number of amides is 7. The third-order valence-electron chi connectivity index (χ3n) is 29.0. The summed E-state index contributed by atoms with van der Waals surface area (Å²) in [6.45, 7) is 6.60. The van der Waals surface area contributed by atoms with Crippen LogP contribution in [0.15, 0.2) is 170 Å². The van der Waals surface area contributed by atoms with Gasteiger partial charge in [-0.1, -0.05) is 53.0 Å². The van der Waals surface area contributed by atoms with Gasteiger partial charge in [0.2, 0.25) is 10.0 Å². The number of anilines is 2. The van der Waals surface area contributed by atoms with Gasteiger partial charge in [-0.25, -0.2) is 30.4 Å². The number of aryl methyl sites for hydroxylation is 5. The van der Waals surface area contributed by atoms with Gasteiger partial charge < -0.3 is 83.5 Å². The second-order valence-electron chi connectivity index (χ2n) is 40.9. The van der Waals surface area contributed by atoms with Crippen LogP contribution in [0.1, 0.15) is 159 Å². The summed E-state index contributed by atoms with van der Waals surface area (Å²) in [5, 5.41) is 19.1. The van der Waals surface area contributed by atoms with Crippen molar-refractivity contribution in [3.63, 3.8) is 0 Å². The fourth-order valence-corrected chi connectivity index (χ4v) is 23.8. The number of carbonyl (C=O) groups excluding carboxylic acids is 9. The molecule has 2 aliphatic heterocycles. The lowest BCUT2D eigenvalue weighted by Crippen LogP contribution is -2.84. The molecule has 25 rings (SSSR count). The molecule has 8 bridgehead atoms. The maximum Gasteiger partial charge on any atom is 0.387 e. The minimum absolute atomic E-state index is 0.0150. The molecule has 6 N–H and O–H groups in total. The number of nitrogens with one attached hydrogen (secondary N) is 6. The molecule has 8 aromatic carbocycles. The number of benzene rings is 8. The monoisotopic (exact) mass is 2120 g/mol. The Morgan fingerprint density at radius 1 is 0.439 bits per heavy atom. The van der Waals surface area contributed by atoms with Crippen molar-refractivity contribution in [3.8, 4) is 40.2 Å². The van der Waals surface area contributed by atoms with Crippen molar-refractivity contribution < 1.29 is 129 Å². The Labute approximate surface area is 857 Å². The Morgan fingerprint density at radius 2 is 0.824 bits per heavy atom. The molecule has 13 aliphatic carbocycles. The summed E-state index contributed by atoms with van der Waals surface area (Å²) in [6, 6.07) is 36.1. The van der Waals surface area contributed by atoms with Crippen molar-refractivity contribution in [2.24, 2.45) is 10.8 Å². The quantitative estimate of drug-likeness (QED) is 0.0124. The average Bonchev–Trinajstić information content (AvgIpc) is 0.887. The highest BCUT2D eigenvalue weighted by Gasteiger charge is 2.72. The number of alkyl halides is 3. The minimum Gasteiger partial charge on any atom is -0.484 e. The summed E-state index contributed by atoms with van der Waals surface area (Å²) in [5.74, 6) is -4.21. The number of halogens is 10. The van der Waals surface area contributed by atoms with Gasteiger partial charge in [-0.3, -0.25) is 57.0 Å². The van der Waals surface area contributed by atoms with Crippen LogP contribution in [0.2, 0.25) is 15.1 Å². The molecule has 2 atom stereocenters. The highest BCUT2D eigenvalue weighted by Crippen LogP contribution is 2.70. The summed E-state index contributed by atoms with van der Waals surface area (Å²) >= 11 is 17.8. The van der Waals surface area contributed by atoms with Gasteiger partial charge in [-0.15, -0.1) is 0 Å². The van der Waals surface area contributed by atoms with Crippen LogP contribution in [0.3, 0.4) is 0 Å². The SMILES string of the molecule is CCOCCS(=O)(=O)N1CC(C(=O)NC23CC(NC(=O)COc4ccc(C)c(F)c4)(C2)C3)Oc2ccc(Cl)cc21.Cc1cc2oc(C(=O)CC34CC(NC(=O)COc5ccc(C)c(F)c5)(C3)C4)cc(=O)c2cc1C.Cc1ccc(OCC(=O)NC23CC(CC(=O)c4cc(=O)c5ccc(OC(F)F)cc5o4)(C2)C3)cc1F.O=C(COc1ccc(Cl)c(F)c1)NC12CC(NC(=O)C3CN(C(=O)C4(F)CC4)c4cc(Cl)ccc4O3)(C1)C2. The smallest absolute Gasteiger partial charge is 0.387 e. The number of ketones is 2. The Balaban J connectivity index is 0.000000129. The Hall–Kier alpha value is -13.5. The highest BCUT2D eigenvalue weighted by molar-refractivity contribution is 7.92. The van der Waals surface area contributed by atoms with Gasteiger partial charge in [0.05, 0.1) is 52.6 Å². The van der Waals surface area contributed by atoms with E-state index in [1.807, 2.05) is 13.8 Å². The van der Waals surface area contributed by atoms with E-state index in [9.17, 15) is 91.9 Å². The molecule has 31 nitrogen and oxygen atoms in total. The lowest BCUT2D eigenvalue weighted by Gasteiger charge is -2.70. The first kappa shape index (κ1) is 104. The molecule has 42 heteroatoms. The first-order valence-electron chi connectivity index (χ1n) is 47.8. The first-order chi connectivity index (χ1) is 70.0. The maximum absolute atomic E-state index is 14.6. The van der Waals surface area contributed by atoms with E-state index < -0.39 is 103 Å². The van der Waals surface area contributed by atoms with Gasteiger partial charge in [-0.05, 0) is 261 Å². The lowest BCUT2D eigenvalue weighted by molar-refractivity contribution is -0.165. The number of Topliss-reactive ketones (excluding diaryl/α,β-unsaturated/α-hetero) is 2. The van der Waals surface area contributed by atoms with Crippen molar-refractivity contribution in [1.82, 2.24) is 31.9 Å². The summed E-state index contributed by atoms with van der Waals surface area (Å²) in [4.78, 5) is 141. The Morgan fingerprint density at radius 3 is 1.25 bits per heavy atom. The standard InChI is InChI=1S/C27H31ClFN3O7S.C27H26FNO5.C26H23Cl2F2N3O5.C26H22F3NO6/c1-3-37-8-9-40(35,36)32-12-23(39-22-7-5-18(28)10-21(22)32)25(34)31-27-14-26(15-27,16-27)30-24(33)13-38-19-6-4-17(2)20(29)11-19;1-15-4-5-18(8-20(15)28)33-11-25(32)29-27-12-26(13-27,14-27)10-22(31)24-9-21(30)19-6-16(2)17(3)7-23(19)34-24;27-14-1-4-19-18(7-14)33(23(36)26(30)5-6-26)9-20(38-19)22(35)32-25-11-24(12-25,13-25)31-21(34)10-37-15-2-3-16(28)17(29)8-15;1-14-2-3-15(6-18(14)27)34-10-23(33)30-26-11-25(12-26,13-26)9-20(32)22-8-19(31)17-5-4-16(35-24(28)29)7-21(17)36-22/h4-7,10-11,23H,3,8-9,12-16H2,1-2H3,(H,30,33)(H,31,34);4-9H,10-14H2,1-3H3,(H,29,32);1-4,7-8,20H,5-6,9-13H2,(H,31,34)(H,32,35);2-8,24H,9-13H2,1H3,(H,30,33). The maximum atomic E-state index is 14.6. The second kappa shape index (κ2) is 40.2. The van der Waals surface area contributed by atoms with Crippen LogP contribution in [0.4, 0.5) is 42.1 Å². The normalized spacial score (nSPS) is 24.3. The topological polar surface area (TPSA) is 401 Å². The van der Waals surface area contributed by atoms with Gasteiger partial charge in [0, 0.05) is 105 Å². The molecule has 4 heterocycles. The molecule has 10 aromatic rings. The molecule has 0 saturated heterocycles. The van der Waals surface area contributed by atoms with Gasteiger partial charge in [0.25, 0.3) is 41.4 Å². The fraction of sp³-hybridized carbons (Fsp3) is 0.406. The predicted molar refractivity (Wildman–Crippen MR) is 526 cm³/mol. The molecule has 7 amide bonds. The molecule has 0 spiro atoms. The Bertz CT molecular complexity index is 7280. The molecular formula is C106H102Cl3F7N8O23S. The molecule has 780 valence electrons. The van der Waals surface area contributed by atoms with Crippen LogP contribution >= 0.6 is 34.8 Å². The van der Waals surface area contributed by atoms with Crippen LogP contribution in [-0.2, 0) is 48.3 Å². The zero-order chi connectivity index (χ0) is 105. The molecule has 0 radical (unpaired) electrons. The largest absolute Gasteiger partial charge is 0.484 e. The van der Waals surface area contributed by atoms with Gasteiger partial charge in [-0.2, -0.15) is 8.78 Å². The number of carbonyl (C=O) groups is 9. The van der Waals surface area contributed by atoms with Gasteiger partial charge in [0.1, 0.15) is 74.7 Å². The summed E-state index contributed by atoms with van der Waals surface area (Å²) in [6.07, 6.45) is 5.70. The van der Waals surface area contributed by atoms with E-state index in [-0.39, 0.29) is 208 Å². The number of ether oxygens (including phenoxy) is 8. The Kier molecular flexibility index (Phi) is 28.4. The molecule has 13 fully saturated rings. The van der Waals surface area contributed by atoms with Crippen LogP contribution < -0.4 is 85.1 Å². The highest BCUT2D eigenvalue weighted by atomic mass is 35.5. The lowest BCUT2D eigenvalue weighted by atomic mass is 9.38. The van der Waals surface area contributed by atoms with Gasteiger partial charge in [0.15, 0.2) is 78.2 Å². The minimum atomic E-state index is -3.82. The van der Waals surface area contributed by atoms with Crippen molar-refractivity contribution in [1.29, 1.82) is 0 Å². The summed E-state index contributed by atoms with van der Waals surface area (Å²) < 4.78 is 176. The fourth-order valence-electron chi connectivity index (χ4n) is 22.0. The molecule has 2 unspecified atom stereocenters. The average molecular weight is 2130 g/mol. The van der Waals surface area contributed by atoms with Crippen LogP contribution in [-0.4, -0.2) is 178 Å². The number of fused-ring (bicyclic) bond motifs is 4. The van der Waals surface area contributed by atoms with Crippen LogP contribution in [0.5, 0.6) is 40.2 Å². The van der Waals surface area contributed by atoms with E-state index in [0.717, 1.165) is 33.6 Å². The molecular weight excluding hydrogens is 2020 g/mol. The summed E-state index contributed by atoms with van der Waals surface area (Å²) in [5.41, 5.74) is -1.11. The third kappa shape index (κ3) is 22.3. The zero-order valence-electron chi connectivity index (χ0n) is 80.8. The van der Waals surface area contributed by atoms with Gasteiger partial charge >= 0.3 is 6.61 Å². The van der Waals surface area contributed by atoms with E-state index >= 15 is 0 Å². The van der Waals surface area contributed by atoms with Crippen molar-refractivity contribution in [2.75, 3.05) is 67.7 Å².